The quantitative estimate of drug-likeness (QED) is 0.684. The molecule has 1 aliphatic rings. The fourth-order valence-electron chi connectivity index (χ4n) is 3.13. The van der Waals surface area contributed by atoms with Gasteiger partial charge < -0.3 is 10.1 Å². The number of anilines is 1. The van der Waals surface area contributed by atoms with Gasteiger partial charge in [0, 0.05) is 31.4 Å². The molecule has 1 amide bonds. The van der Waals surface area contributed by atoms with Gasteiger partial charge in [0.2, 0.25) is 0 Å². The molecule has 1 fully saturated rings. The topological polar surface area (TPSA) is 88.1 Å². The first-order chi connectivity index (χ1) is 13.7. The standard InChI is InChI=1S/C20H24N6O2/c1-15-2-4-16(5-3-15)18-12-19(24-23-18)20(27)22-17-13-21-26(14-17)7-6-25-8-10-28-11-9-25/h2-5,12-14H,6-11H2,1H3,(H,22,27)(H,23,24). The van der Waals surface area contributed by atoms with Crippen LogP contribution in [0.3, 0.4) is 0 Å². The summed E-state index contributed by atoms with van der Waals surface area (Å²) in [5, 5.41) is 14.2. The maximum absolute atomic E-state index is 12.5. The van der Waals surface area contributed by atoms with Crippen molar-refractivity contribution in [1.29, 1.82) is 0 Å². The monoisotopic (exact) mass is 380 g/mol. The van der Waals surface area contributed by atoms with E-state index in [0.29, 0.717) is 11.4 Å². The van der Waals surface area contributed by atoms with Gasteiger partial charge in [0.15, 0.2) is 0 Å². The highest BCUT2D eigenvalue weighted by molar-refractivity contribution is 6.03. The van der Waals surface area contributed by atoms with Crippen LogP contribution >= 0.6 is 0 Å². The molecule has 1 aliphatic heterocycles. The van der Waals surface area contributed by atoms with E-state index in [1.807, 2.05) is 42.1 Å². The first-order valence-corrected chi connectivity index (χ1v) is 9.44. The number of ether oxygens (including phenoxy) is 1. The lowest BCUT2D eigenvalue weighted by Crippen LogP contribution is -2.38. The molecule has 0 radical (unpaired) electrons. The predicted molar refractivity (Wildman–Crippen MR) is 106 cm³/mol. The van der Waals surface area contributed by atoms with E-state index in [9.17, 15) is 4.79 Å². The Bertz CT molecular complexity index is 924. The van der Waals surface area contributed by atoms with Crippen molar-refractivity contribution in [2.24, 2.45) is 0 Å². The molecule has 0 atom stereocenters. The van der Waals surface area contributed by atoms with E-state index in [-0.39, 0.29) is 5.91 Å². The average molecular weight is 380 g/mol. The molecular formula is C20H24N6O2. The Hall–Kier alpha value is -2.97. The van der Waals surface area contributed by atoms with Crippen LogP contribution in [0.1, 0.15) is 16.1 Å². The number of aromatic amines is 1. The third kappa shape index (κ3) is 4.47. The third-order valence-corrected chi connectivity index (χ3v) is 4.81. The van der Waals surface area contributed by atoms with E-state index in [1.165, 1.54) is 5.56 Å². The van der Waals surface area contributed by atoms with Crippen molar-refractivity contribution in [3.8, 4) is 11.3 Å². The fraction of sp³-hybridized carbons (Fsp3) is 0.350. The van der Waals surface area contributed by atoms with Crippen molar-refractivity contribution in [2.75, 3.05) is 38.2 Å². The summed E-state index contributed by atoms with van der Waals surface area (Å²) in [7, 11) is 0. The Labute approximate surface area is 163 Å². The van der Waals surface area contributed by atoms with E-state index in [4.69, 9.17) is 4.74 Å². The van der Waals surface area contributed by atoms with Gasteiger partial charge in [-0.2, -0.15) is 10.2 Å². The molecule has 1 saturated heterocycles. The Kier molecular flexibility index (Phi) is 5.50. The summed E-state index contributed by atoms with van der Waals surface area (Å²) in [6, 6.07) is 9.78. The van der Waals surface area contributed by atoms with Crippen LogP contribution in [-0.4, -0.2) is 63.6 Å². The zero-order valence-electron chi connectivity index (χ0n) is 15.9. The Morgan fingerprint density at radius 3 is 2.79 bits per heavy atom. The SMILES string of the molecule is Cc1ccc(-c2cc(C(=O)Nc3cnn(CCN4CCOCC4)c3)[nH]n2)cc1. The largest absolute Gasteiger partial charge is 0.379 e. The normalized spacial score (nSPS) is 14.9. The Morgan fingerprint density at radius 1 is 1.21 bits per heavy atom. The minimum atomic E-state index is -0.237. The Balaban J connectivity index is 1.33. The van der Waals surface area contributed by atoms with Crippen LogP contribution in [-0.2, 0) is 11.3 Å². The molecule has 0 bridgehead atoms. The Morgan fingerprint density at radius 2 is 2.00 bits per heavy atom. The van der Waals surface area contributed by atoms with Gasteiger partial charge in [-0.25, -0.2) is 0 Å². The number of nitrogens with one attached hydrogen (secondary N) is 2. The minimum absolute atomic E-state index is 0.237. The lowest BCUT2D eigenvalue weighted by Gasteiger charge is -2.26. The number of rotatable bonds is 6. The van der Waals surface area contributed by atoms with Crippen molar-refractivity contribution in [3.05, 3.63) is 54.0 Å². The molecule has 2 aromatic heterocycles. The summed E-state index contributed by atoms with van der Waals surface area (Å²) in [5.74, 6) is -0.237. The van der Waals surface area contributed by atoms with E-state index in [0.717, 1.165) is 50.7 Å². The number of morpholine rings is 1. The van der Waals surface area contributed by atoms with Crippen LogP contribution in [0.5, 0.6) is 0 Å². The second kappa shape index (κ2) is 8.37. The summed E-state index contributed by atoms with van der Waals surface area (Å²) >= 11 is 0. The maximum Gasteiger partial charge on any atom is 0.273 e. The van der Waals surface area contributed by atoms with Crippen molar-refractivity contribution < 1.29 is 9.53 Å². The molecule has 1 aromatic carbocycles. The highest BCUT2D eigenvalue weighted by Gasteiger charge is 2.13. The molecule has 0 spiro atoms. The number of aryl methyl sites for hydroxylation is 1. The molecular weight excluding hydrogens is 356 g/mol. The molecule has 0 unspecified atom stereocenters. The number of nitrogens with zero attached hydrogens (tertiary/aromatic N) is 4. The molecule has 2 N–H and O–H groups in total. The smallest absolute Gasteiger partial charge is 0.273 e. The van der Waals surface area contributed by atoms with Gasteiger partial charge in [0.25, 0.3) is 5.91 Å². The van der Waals surface area contributed by atoms with Crippen molar-refractivity contribution in [3.63, 3.8) is 0 Å². The van der Waals surface area contributed by atoms with Crippen LogP contribution in [0.25, 0.3) is 11.3 Å². The zero-order chi connectivity index (χ0) is 19.3. The molecule has 8 heteroatoms. The van der Waals surface area contributed by atoms with Crippen molar-refractivity contribution in [2.45, 2.75) is 13.5 Å². The number of H-pyrrole nitrogens is 1. The molecule has 28 heavy (non-hydrogen) atoms. The van der Waals surface area contributed by atoms with Crippen molar-refractivity contribution in [1.82, 2.24) is 24.9 Å². The number of benzene rings is 1. The van der Waals surface area contributed by atoms with Gasteiger partial charge >= 0.3 is 0 Å². The van der Waals surface area contributed by atoms with Gasteiger partial charge in [-0.15, -0.1) is 0 Å². The first kappa shape index (κ1) is 18.4. The highest BCUT2D eigenvalue weighted by atomic mass is 16.5. The first-order valence-electron chi connectivity index (χ1n) is 9.44. The third-order valence-electron chi connectivity index (χ3n) is 4.81. The summed E-state index contributed by atoms with van der Waals surface area (Å²) < 4.78 is 7.20. The van der Waals surface area contributed by atoms with E-state index in [2.05, 4.69) is 25.5 Å². The second-order valence-electron chi connectivity index (χ2n) is 6.93. The van der Waals surface area contributed by atoms with Crippen LogP contribution in [0.2, 0.25) is 0 Å². The highest BCUT2D eigenvalue weighted by Crippen LogP contribution is 2.18. The van der Waals surface area contributed by atoms with E-state index < -0.39 is 0 Å². The minimum Gasteiger partial charge on any atom is -0.379 e. The van der Waals surface area contributed by atoms with Gasteiger partial charge in [0.1, 0.15) is 5.69 Å². The lowest BCUT2D eigenvalue weighted by atomic mass is 10.1. The van der Waals surface area contributed by atoms with Gasteiger partial charge in [-0.1, -0.05) is 29.8 Å². The summed E-state index contributed by atoms with van der Waals surface area (Å²) in [6.07, 6.45) is 3.50. The summed E-state index contributed by atoms with van der Waals surface area (Å²) in [6.45, 7) is 7.21. The van der Waals surface area contributed by atoms with Gasteiger partial charge in [-0.3, -0.25) is 19.5 Å². The predicted octanol–water partition coefficient (Wildman–Crippen LogP) is 2.17. The molecule has 4 rings (SSSR count). The average Bonchev–Trinajstić information content (AvgIpc) is 3.38. The second-order valence-corrected chi connectivity index (χ2v) is 6.93. The number of carbonyl (C=O) groups excluding carboxylic acids is 1. The lowest BCUT2D eigenvalue weighted by molar-refractivity contribution is 0.0360. The van der Waals surface area contributed by atoms with E-state index in [1.54, 1.807) is 12.3 Å². The van der Waals surface area contributed by atoms with Crippen LogP contribution in [0.4, 0.5) is 5.69 Å². The molecule has 3 aromatic rings. The number of hydrogen-bond donors (Lipinski definition) is 2. The number of carbonyl (C=O) groups is 1. The molecule has 3 heterocycles. The number of aromatic nitrogens is 4. The molecule has 8 nitrogen and oxygen atoms in total. The fourth-order valence-corrected chi connectivity index (χ4v) is 3.13. The van der Waals surface area contributed by atoms with Crippen LogP contribution in [0, 0.1) is 6.92 Å². The number of hydrogen-bond acceptors (Lipinski definition) is 5. The maximum atomic E-state index is 12.5. The van der Waals surface area contributed by atoms with Crippen molar-refractivity contribution >= 4 is 11.6 Å². The molecule has 0 saturated carbocycles. The van der Waals surface area contributed by atoms with Gasteiger partial charge in [-0.05, 0) is 13.0 Å². The van der Waals surface area contributed by atoms with Gasteiger partial charge in [0.05, 0.1) is 37.3 Å². The van der Waals surface area contributed by atoms with Crippen LogP contribution < -0.4 is 5.32 Å². The number of amides is 1. The summed E-state index contributed by atoms with van der Waals surface area (Å²) in [4.78, 5) is 14.8. The molecule has 0 aliphatic carbocycles. The van der Waals surface area contributed by atoms with E-state index >= 15 is 0 Å². The zero-order valence-corrected chi connectivity index (χ0v) is 15.9. The molecule has 146 valence electrons. The summed E-state index contributed by atoms with van der Waals surface area (Å²) in [5.41, 5.74) is 3.97. The van der Waals surface area contributed by atoms with Crippen LogP contribution in [0.15, 0.2) is 42.7 Å².